The van der Waals surface area contributed by atoms with Gasteiger partial charge in [-0.25, -0.2) is 0 Å². The summed E-state index contributed by atoms with van der Waals surface area (Å²) in [7, 11) is 0. The van der Waals surface area contributed by atoms with Crippen LogP contribution in [0.5, 0.6) is 0 Å². The molecule has 0 aliphatic rings. The highest BCUT2D eigenvalue weighted by Gasteiger charge is 2.39. The second-order valence-electron chi connectivity index (χ2n) is 4.85. The van der Waals surface area contributed by atoms with Gasteiger partial charge in [-0.05, 0) is 29.8 Å². The summed E-state index contributed by atoms with van der Waals surface area (Å²) in [5.74, 6) is -2.52. The van der Waals surface area contributed by atoms with Gasteiger partial charge < -0.3 is 10.6 Å². The minimum atomic E-state index is -5.01. The highest BCUT2D eigenvalue weighted by molar-refractivity contribution is 9.10. The molecule has 0 bridgehead atoms. The van der Waals surface area contributed by atoms with Crippen LogP contribution in [0.15, 0.2) is 53.0 Å². The number of amides is 2. The van der Waals surface area contributed by atoms with E-state index < -0.39 is 18.0 Å². The van der Waals surface area contributed by atoms with Crippen LogP contribution in [0.25, 0.3) is 0 Å². The van der Waals surface area contributed by atoms with Gasteiger partial charge in [0.15, 0.2) is 0 Å². The molecule has 2 aromatic rings. The fourth-order valence-corrected chi connectivity index (χ4v) is 2.37. The fourth-order valence-electron chi connectivity index (χ4n) is 1.92. The Morgan fingerprint density at radius 3 is 2.17 bits per heavy atom. The predicted octanol–water partition coefficient (Wildman–Crippen LogP) is 4.13. The van der Waals surface area contributed by atoms with Crippen molar-refractivity contribution in [1.29, 1.82) is 0 Å². The highest BCUT2D eigenvalue weighted by Crippen LogP contribution is 2.24. The fraction of sp³-hybridized carbons (Fsp3) is 0.125. The topological polar surface area (TPSA) is 58.2 Å². The first-order valence-corrected chi connectivity index (χ1v) is 7.56. The molecule has 0 radical (unpaired) electrons. The SMILES string of the molecule is O=C(Cc1cccc(Br)c1)Nc1ccccc1NC(=O)C(F)(F)F. The zero-order valence-electron chi connectivity index (χ0n) is 12.2. The van der Waals surface area contributed by atoms with Gasteiger partial charge in [0.1, 0.15) is 0 Å². The normalized spacial score (nSPS) is 11.0. The summed E-state index contributed by atoms with van der Waals surface area (Å²) in [6.45, 7) is 0. The molecule has 0 aliphatic heterocycles. The molecule has 0 aliphatic carbocycles. The summed E-state index contributed by atoms with van der Waals surface area (Å²) in [4.78, 5) is 23.1. The predicted molar refractivity (Wildman–Crippen MR) is 87.6 cm³/mol. The van der Waals surface area contributed by atoms with Gasteiger partial charge in [-0.1, -0.05) is 40.2 Å². The van der Waals surface area contributed by atoms with E-state index in [1.807, 2.05) is 6.07 Å². The Morgan fingerprint density at radius 1 is 0.958 bits per heavy atom. The first-order valence-electron chi connectivity index (χ1n) is 6.77. The van der Waals surface area contributed by atoms with E-state index >= 15 is 0 Å². The van der Waals surface area contributed by atoms with Crippen molar-refractivity contribution < 1.29 is 22.8 Å². The molecule has 0 spiro atoms. The molecule has 0 aromatic heterocycles. The lowest BCUT2D eigenvalue weighted by molar-refractivity contribution is -0.167. The van der Waals surface area contributed by atoms with Crippen LogP contribution in [0, 0.1) is 0 Å². The average Bonchev–Trinajstić information content (AvgIpc) is 2.48. The van der Waals surface area contributed by atoms with Gasteiger partial charge >= 0.3 is 12.1 Å². The summed E-state index contributed by atoms with van der Waals surface area (Å²) >= 11 is 3.29. The number of anilines is 2. The van der Waals surface area contributed by atoms with Crippen LogP contribution in [0.1, 0.15) is 5.56 Å². The monoisotopic (exact) mass is 400 g/mol. The number of benzene rings is 2. The Bertz CT molecular complexity index is 763. The lowest BCUT2D eigenvalue weighted by Gasteiger charge is -2.13. The molecule has 0 unspecified atom stereocenters. The molecule has 8 heteroatoms. The van der Waals surface area contributed by atoms with Crippen LogP contribution in [0.3, 0.4) is 0 Å². The maximum atomic E-state index is 12.4. The lowest BCUT2D eigenvalue weighted by atomic mass is 10.1. The molecule has 2 rings (SSSR count). The Labute approximate surface area is 144 Å². The lowest BCUT2D eigenvalue weighted by Crippen LogP contribution is -2.30. The van der Waals surface area contributed by atoms with Gasteiger partial charge in [-0.2, -0.15) is 13.2 Å². The molecular weight excluding hydrogens is 389 g/mol. The van der Waals surface area contributed by atoms with Crippen LogP contribution < -0.4 is 10.6 Å². The number of hydrogen-bond acceptors (Lipinski definition) is 2. The van der Waals surface area contributed by atoms with Crippen LogP contribution in [0.4, 0.5) is 24.5 Å². The molecule has 0 atom stereocenters. The number of carbonyl (C=O) groups is 2. The van der Waals surface area contributed by atoms with Gasteiger partial charge in [0.25, 0.3) is 0 Å². The molecule has 0 saturated heterocycles. The Morgan fingerprint density at radius 2 is 1.58 bits per heavy atom. The Balaban J connectivity index is 2.09. The van der Waals surface area contributed by atoms with E-state index in [4.69, 9.17) is 0 Å². The Kier molecular flexibility index (Phi) is 5.61. The maximum absolute atomic E-state index is 12.4. The maximum Gasteiger partial charge on any atom is 0.471 e. The van der Waals surface area contributed by atoms with Crippen LogP contribution in [-0.2, 0) is 16.0 Å². The number of carbonyl (C=O) groups excluding carboxylic acids is 2. The summed E-state index contributed by atoms with van der Waals surface area (Å²) in [5.41, 5.74) is 0.705. The molecule has 2 amide bonds. The summed E-state index contributed by atoms with van der Waals surface area (Å²) in [5, 5.41) is 4.24. The molecule has 4 nitrogen and oxygen atoms in total. The summed E-state index contributed by atoms with van der Waals surface area (Å²) < 4.78 is 37.9. The molecule has 0 fully saturated rings. The van der Waals surface area contributed by atoms with E-state index in [0.29, 0.717) is 0 Å². The van der Waals surface area contributed by atoms with E-state index in [9.17, 15) is 22.8 Å². The molecule has 2 N–H and O–H groups in total. The van der Waals surface area contributed by atoms with Crippen LogP contribution in [0.2, 0.25) is 0 Å². The van der Waals surface area contributed by atoms with E-state index in [1.54, 1.807) is 23.5 Å². The van der Waals surface area contributed by atoms with Crippen molar-refractivity contribution in [2.45, 2.75) is 12.6 Å². The quantitative estimate of drug-likeness (QED) is 0.810. The number of alkyl halides is 3. The number of rotatable bonds is 4. The number of halogens is 4. The summed E-state index contributed by atoms with van der Waals surface area (Å²) in [6, 6.07) is 12.8. The van der Waals surface area contributed by atoms with Gasteiger partial charge in [-0.3, -0.25) is 9.59 Å². The molecule has 0 saturated carbocycles. The van der Waals surface area contributed by atoms with E-state index in [2.05, 4.69) is 21.2 Å². The highest BCUT2D eigenvalue weighted by atomic mass is 79.9. The molecule has 0 heterocycles. The second kappa shape index (κ2) is 7.48. The zero-order chi connectivity index (χ0) is 17.7. The molecule has 126 valence electrons. The van der Waals surface area contributed by atoms with Gasteiger partial charge in [-0.15, -0.1) is 0 Å². The van der Waals surface area contributed by atoms with Gasteiger partial charge in [0, 0.05) is 4.47 Å². The largest absolute Gasteiger partial charge is 0.471 e. The average molecular weight is 401 g/mol. The van der Waals surface area contributed by atoms with Crippen LogP contribution >= 0.6 is 15.9 Å². The van der Waals surface area contributed by atoms with Crippen molar-refractivity contribution in [3.63, 3.8) is 0 Å². The zero-order valence-corrected chi connectivity index (χ0v) is 13.7. The van der Waals surface area contributed by atoms with E-state index in [0.717, 1.165) is 10.0 Å². The van der Waals surface area contributed by atoms with Crippen molar-refractivity contribution in [3.05, 3.63) is 58.6 Å². The molecular formula is C16H12BrF3N2O2. The number of nitrogens with one attached hydrogen (secondary N) is 2. The number of para-hydroxylation sites is 2. The van der Waals surface area contributed by atoms with Crippen molar-refractivity contribution >= 4 is 39.1 Å². The minimum absolute atomic E-state index is 0.0427. The van der Waals surface area contributed by atoms with Crippen molar-refractivity contribution in [2.75, 3.05) is 10.6 Å². The molecule has 2 aromatic carbocycles. The third kappa shape index (κ3) is 5.09. The first-order chi connectivity index (χ1) is 11.3. The first kappa shape index (κ1) is 18.0. The standard InChI is InChI=1S/C16H12BrF3N2O2/c17-11-5-3-4-10(8-11)9-14(23)21-12-6-1-2-7-13(12)22-15(24)16(18,19)20/h1-8H,9H2,(H,21,23)(H,22,24). The smallest absolute Gasteiger partial charge is 0.324 e. The van der Waals surface area contributed by atoms with Crippen molar-refractivity contribution in [1.82, 2.24) is 0 Å². The van der Waals surface area contributed by atoms with E-state index in [1.165, 1.54) is 24.3 Å². The van der Waals surface area contributed by atoms with Crippen LogP contribution in [-0.4, -0.2) is 18.0 Å². The third-order valence-electron chi connectivity index (χ3n) is 2.96. The third-order valence-corrected chi connectivity index (χ3v) is 3.45. The van der Waals surface area contributed by atoms with Crippen molar-refractivity contribution in [2.24, 2.45) is 0 Å². The Hall–Kier alpha value is -2.35. The van der Waals surface area contributed by atoms with Gasteiger partial charge in [0.2, 0.25) is 5.91 Å². The van der Waals surface area contributed by atoms with Gasteiger partial charge in [0.05, 0.1) is 17.8 Å². The van der Waals surface area contributed by atoms with E-state index in [-0.39, 0.29) is 17.8 Å². The number of hydrogen-bond donors (Lipinski definition) is 2. The minimum Gasteiger partial charge on any atom is -0.324 e. The second-order valence-corrected chi connectivity index (χ2v) is 5.77. The molecule has 24 heavy (non-hydrogen) atoms. The summed E-state index contributed by atoms with van der Waals surface area (Å²) in [6.07, 6.45) is -4.96. The van der Waals surface area contributed by atoms with Crippen molar-refractivity contribution in [3.8, 4) is 0 Å².